The molecule has 0 amide bonds. The quantitative estimate of drug-likeness (QED) is 0.255. The third kappa shape index (κ3) is 2.67. The van der Waals surface area contributed by atoms with Gasteiger partial charge < -0.3 is 0 Å². The number of hydrogen-bond donors (Lipinski definition) is 0. The van der Waals surface area contributed by atoms with Gasteiger partial charge in [0.2, 0.25) is 0 Å². The van der Waals surface area contributed by atoms with Gasteiger partial charge in [0.15, 0.2) is 5.78 Å². The molecule has 0 saturated carbocycles. The summed E-state index contributed by atoms with van der Waals surface area (Å²) >= 11 is 10.6. The van der Waals surface area contributed by atoms with Crippen molar-refractivity contribution in [3.63, 3.8) is 0 Å². The van der Waals surface area contributed by atoms with E-state index in [1.54, 1.807) is 0 Å². The number of nitrogens with zero attached hydrogens (tertiary/aromatic N) is 1. The second-order valence-corrected chi connectivity index (χ2v) is 4.62. The lowest BCUT2D eigenvalue weighted by atomic mass is 10.1. The number of ketones is 1. The standard InChI is InChI=1S/C8H4BrClINO3/c9-3-6(13)7-5(12(14)15)2-1-4(10)8(7)11/h1-2H,3H2. The van der Waals surface area contributed by atoms with Crippen LogP contribution < -0.4 is 0 Å². The molecule has 1 aromatic carbocycles. The van der Waals surface area contributed by atoms with Gasteiger partial charge in [-0.1, -0.05) is 27.5 Å². The number of Topliss-reactive ketones (excluding diaryl/α,β-unsaturated/α-hetero) is 1. The molecule has 80 valence electrons. The van der Waals surface area contributed by atoms with Gasteiger partial charge in [-0.05, 0) is 28.7 Å². The largest absolute Gasteiger partial charge is 0.293 e. The van der Waals surface area contributed by atoms with Crippen LogP contribution in [0, 0.1) is 13.7 Å². The molecule has 0 atom stereocenters. The molecule has 0 fully saturated rings. The summed E-state index contributed by atoms with van der Waals surface area (Å²) in [5, 5.41) is 11.1. The van der Waals surface area contributed by atoms with Gasteiger partial charge in [-0.2, -0.15) is 0 Å². The zero-order valence-corrected chi connectivity index (χ0v) is 11.7. The zero-order valence-electron chi connectivity index (χ0n) is 7.17. The predicted octanol–water partition coefficient (Wildman–Crippen LogP) is 3.43. The summed E-state index contributed by atoms with van der Waals surface area (Å²) in [6.07, 6.45) is 0. The van der Waals surface area contributed by atoms with E-state index >= 15 is 0 Å². The molecule has 0 heterocycles. The zero-order chi connectivity index (χ0) is 11.6. The first kappa shape index (κ1) is 12.9. The highest BCUT2D eigenvalue weighted by Crippen LogP contribution is 2.30. The molecule has 1 rings (SSSR count). The highest BCUT2D eigenvalue weighted by Gasteiger charge is 2.23. The molecule has 7 heteroatoms. The molecular formula is C8H4BrClINO3. The second-order valence-electron chi connectivity index (χ2n) is 2.57. The average molecular weight is 404 g/mol. The van der Waals surface area contributed by atoms with E-state index in [9.17, 15) is 14.9 Å². The van der Waals surface area contributed by atoms with Crippen molar-refractivity contribution in [2.45, 2.75) is 0 Å². The van der Waals surface area contributed by atoms with Gasteiger partial charge in [0, 0.05) is 9.64 Å². The Bertz CT molecular complexity index is 438. The maximum absolute atomic E-state index is 11.5. The third-order valence-corrected chi connectivity index (χ3v) is 3.93. The number of hydrogen-bond acceptors (Lipinski definition) is 3. The SMILES string of the molecule is O=C(CBr)c1c([N+](=O)[O-])ccc(Cl)c1I. The Kier molecular flexibility index (Phi) is 4.47. The summed E-state index contributed by atoms with van der Waals surface area (Å²) in [4.78, 5) is 21.6. The van der Waals surface area contributed by atoms with Crippen LogP contribution in [-0.4, -0.2) is 16.0 Å². The normalized spacial score (nSPS) is 10.1. The molecule has 0 aromatic heterocycles. The first-order valence-corrected chi connectivity index (χ1v) is 6.28. The number of carbonyl (C=O) groups excluding carboxylic acids is 1. The Morgan fingerprint density at radius 2 is 2.20 bits per heavy atom. The Labute approximate surface area is 112 Å². The summed E-state index contributed by atoms with van der Waals surface area (Å²) in [7, 11) is 0. The molecule has 0 saturated heterocycles. The lowest BCUT2D eigenvalue weighted by Crippen LogP contribution is -2.07. The van der Waals surface area contributed by atoms with Crippen LogP contribution in [0.2, 0.25) is 5.02 Å². The molecule has 0 spiro atoms. The predicted molar refractivity (Wildman–Crippen MR) is 68.9 cm³/mol. The minimum Gasteiger partial charge on any atom is -0.293 e. The van der Waals surface area contributed by atoms with Crippen LogP contribution in [-0.2, 0) is 0 Å². The minimum absolute atomic E-state index is 0.0319. The van der Waals surface area contributed by atoms with Crippen molar-refractivity contribution in [2.24, 2.45) is 0 Å². The topological polar surface area (TPSA) is 60.2 Å². The van der Waals surface area contributed by atoms with Crippen molar-refractivity contribution < 1.29 is 9.72 Å². The number of nitro benzene ring substituents is 1. The highest BCUT2D eigenvalue weighted by atomic mass is 127. The Morgan fingerprint density at radius 3 is 2.67 bits per heavy atom. The van der Waals surface area contributed by atoms with Gasteiger partial charge >= 0.3 is 0 Å². The van der Waals surface area contributed by atoms with Gasteiger partial charge in [-0.25, -0.2) is 0 Å². The van der Waals surface area contributed by atoms with Crippen LogP contribution in [0.3, 0.4) is 0 Å². The van der Waals surface area contributed by atoms with Crippen LogP contribution in [0.25, 0.3) is 0 Å². The van der Waals surface area contributed by atoms with E-state index in [1.165, 1.54) is 12.1 Å². The lowest BCUT2D eigenvalue weighted by Gasteiger charge is -2.04. The summed E-state index contributed by atoms with van der Waals surface area (Å²) in [6, 6.07) is 2.65. The minimum atomic E-state index is -0.589. The average Bonchev–Trinajstić information content (AvgIpc) is 2.20. The molecule has 0 aliphatic carbocycles. The van der Waals surface area contributed by atoms with Gasteiger partial charge in [-0.15, -0.1) is 0 Å². The Balaban J connectivity index is 3.48. The fraction of sp³-hybridized carbons (Fsp3) is 0.125. The monoisotopic (exact) mass is 403 g/mol. The molecular weight excluding hydrogens is 400 g/mol. The maximum atomic E-state index is 11.5. The first-order chi connectivity index (χ1) is 6.99. The lowest BCUT2D eigenvalue weighted by molar-refractivity contribution is -0.385. The van der Waals surface area contributed by atoms with E-state index in [0.29, 0.717) is 8.59 Å². The Morgan fingerprint density at radius 1 is 1.60 bits per heavy atom. The molecule has 0 aliphatic rings. The third-order valence-electron chi connectivity index (χ3n) is 1.67. The molecule has 0 N–H and O–H groups in total. The molecule has 15 heavy (non-hydrogen) atoms. The van der Waals surface area contributed by atoms with Gasteiger partial charge in [0.05, 0.1) is 15.3 Å². The van der Waals surface area contributed by atoms with Crippen LogP contribution >= 0.6 is 50.1 Å². The van der Waals surface area contributed by atoms with Crippen molar-refractivity contribution in [3.8, 4) is 0 Å². The molecule has 1 aromatic rings. The number of alkyl halides is 1. The van der Waals surface area contributed by atoms with E-state index in [2.05, 4.69) is 15.9 Å². The van der Waals surface area contributed by atoms with Gasteiger partial charge in [0.25, 0.3) is 5.69 Å². The molecule has 0 bridgehead atoms. The van der Waals surface area contributed by atoms with E-state index in [1.807, 2.05) is 22.6 Å². The highest BCUT2D eigenvalue weighted by molar-refractivity contribution is 14.1. The van der Waals surface area contributed by atoms with Crippen molar-refractivity contribution in [1.29, 1.82) is 0 Å². The molecule has 0 unspecified atom stereocenters. The van der Waals surface area contributed by atoms with E-state index in [0.717, 1.165) is 0 Å². The van der Waals surface area contributed by atoms with E-state index < -0.39 is 4.92 Å². The van der Waals surface area contributed by atoms with Crippen LogP contribution in [0.15, 0.2) is 12.1 Å². The van der Waals surface area contributed by atoms with Crippen molar-refractivity contribution in [2.75, 3.05) is 5.33 Å². The summed E-state index contributed by atoms with van der Waals surface area (Å²) in [5.41, 5.74) is -0.154. The van der Waals surface area contributed by atoms with Crippen molar-refractivity contribution in [3.05, 3.63) is 36.4 Å². The first-order valence-electron chi connectivity index (χ1n) is 3.70. The van der Waals surface area contributed by atoms with Crippen molar-refractivity contribution in [1.82, 2.24) is 0 Å². The van der Waals surface area contributed by atoms with Gasteiger partial charge in [0.1, 0.15) is 5.56 Å². The maximum Gasteiger partial charge on any atom is 0.281 e. The van der Waals surface area contributed by atoms with Crippen LogP contribution in [0.5, 0.6) is 0 Å². The second kappa shape index (κ2) is 5.22. The fourth-order valence-corrected chi connectivity index (χ4v) is 2.22. The molecule has 4 nitrogen and oxygen atoms in total. The van der Waals surface area contributed by atoms with Gasteiger partial charge in [-0.3, -0.25) is 14.9 Å². The summed E-state index contributed by atoms with van der Waals surface area (Å²) in [5.74, 6) is -0.353. The van der Waals surface area contributed by atoms with E-state index in [-0.39, 0.29) is 22.4 Å². The number of rotatable bonds is 3. The number of benzene rings is 1. The summed E-state index contributed by atoms with van der Waals surface area (Å²) in [6.45, 7) is 0. The number of carbonyl (C=O) groups is 1. The number of nitro groups is 1. The summed E-state index contributed by atoms with van der Waals surface area (Å²) < 4.78 is 0.410. The Hall–Kier alpha value is -0.210. The smallest absolute Gasteiger partial charge is 0.281 e. The molecule has 0 radical (unpaired) electrons. The van der Waals surface area contributed by atoms with Crippen LogP contribution in [0.1, 0.15) is 10.4 Å². The van der Waals surface area contributed by atoms with E-state index in [4.69, 9.17) is 11.6 Å². The fourth-order valence-electron chi connectivity index (χ4n) is 1.02. The molecule has 0 aliphatic heterocycles. The number of halogens is 3. The van der Waals surface area contributed by atoms with Crippen molar-refractivity contribution >= 4 is 61.6 Å². The van der Waals surface area contributed by atoms with Crippen LogP contribution in [0.4, 0.5) is 5.69 Å².